The predicted molar refractivity (Wildman–Crippen MR) is 655 cm³/mol. The maximum absolute atomic E-state index is 6.61. The van der Waals surface area contributed by atoms with Crippen molar-refractivity contribution in [3.05, 3.63) is 444 Å². The van der Waals surface area contributed by atoms with E-state index < -0.39 is 0 Å². The molecule has 5 unspecified atom stereocenters. The SMILES string of the molecule is CCN(CC)Cc1cccc(C)c1Pc1cc(C)cc(C(C)(C)C)c1OCc1ccccc1.CCN(CC)Cc1cccc(C)c1Pc1cc(C)cc(C)c1OCc1ccccc1.CCN(CC)Cc1cccc(C)c1Pc1cc(C)ccc1OCc1ccccc1.CCN(CC)Cc1cccc(C)c1Pc1cccc(C)c1OCc1ccccc1.CCN(CC)Cc1cccc(C)c1Pc1ccccc1OCc1ccccc1. The van der Waals surface area contributed by atoms with Crippen LogP contribution in [0.3, 0.4) is 0 Å². The molecule has 5 atom stereocenters. The van der Waals surface area contributed by atoms with Gasteiger partial charge in [-0.05, 0) is 303 Å². The Morgan fingerprint density at radius 1 is 0.201 bits per heavy atom. The second kappa shape index (κ2) is 62.3. The van der Waals surface area contributed by atoms with Gasteiger partial charge in [-0.15, -0.1) is 0 Å². The normalized spacial score (nSPS) is 11.6. The Hall–Kier alpha value is -10.8. The maximum atomic E-state index is 6.61. The summed E-state index contributed by atoms with van der Waals surface area (Å²) in [6.07, 6.45) is 0. The van der Waals surface area contributed by atoms with Crippen molar-refractivity contribution in [3.63, 3.8) is 0 Å². The first kappa shape index (κ1) is 118. The molecule has 784 valence electrons. The first-order valence-corrected chi connectivity index (χ1v) is 59.0. The first-order chi connectivity index (χ1) is 72.2. The van der Waals surface area contributed by atoms with Crippen molar-refractivity contribution in [1.82, 2.24) is 24.5 Å². The summed E-state index contributed by atoms with van der Waals surface area (Å²) in [6.45, 7) is 69.9. The van der Waals surface area contributed by atoms with E-state index in [9.17, 15) is 0 Å². The largest absolute Gasteiger partial charge is 0.488 e. The molecule has 10 nitrogen and oxygen atoms in total. The average Bonchev–Trinajstić information content (AvgIpc) is 0.783. The smallest absolute Gasteiger partial charge is 0.131 e. The van der Waals surface area contributed by atoms with Crippen molar-refractivity contribution >= 4 is 95.9 Å². The van der Waals surface area contributed by atoms with E-state index in [0.29, 0.717) is 75.9 Å². The number of aryl methyl sites for hydroxylation is 10. The zero-order valence-electron chi connectivity index (χ0n) is 93.6. The topological polar surface area (TPSA) is 62.3 Å². The molecule has 15 heteroatoms. The van der Waals surface area contributed by atoms with Crippen LogP contribution in [0.1, 0.15) is 207 Å². The molecule has 0 amide bonds. The molecule has 0 aliphatic heterocycles. The van der Waals surface area contributed by atoms with Crippen LogP contribution in [-0.4, -0.2) is 89.9 Å². The third-order valence-electron chi connectivity index (χ3n) is 27.4. The Balaban J connectivity index is 0.000000177. The lowest BCUT2D eigenvalue weighted by Gasteiger charge is -2.27. The maximum Gasteiger partial charge on any atom is 0.131 e. The standard InChI is InChI=1S/C30H40NOP.C27H34NOP.2C26H32NOP.C25H30NOP/c1-8-31(9-2)20-25-17-13-14-23(4)29(25)33-27-19-22(3)18-26(30(5,6)7)28(27)32-21-24-15-11-10-12-16-24;1-6-28(7-2)18-24-15-11-12-21(4)27(24)30-25-17-20(3)16-22(5)26(25)29-19-23-13-9-8-10-14-23;1-5-27(6-2)18-23-16-10-13-21(4)26(23)29-24-17-11-12-20(3)25(24)28-19-22-14-8-7-9-15-22;1-5-27(6-2)18-23-14-10-11-21(4)26(23)29-25-17-20(3)15-16-24(25)28-19-22-12-8-7-9-13-22;1-4-26(5-2)18-22-15-11-12-20(3)25(22)28-24-17-10-9-16-23(24)27-19-21-13-7-6-8-14-21/h10-19,33H,8-9,20-21H2,1-7H3;8-17,30H,6-7,18-19H2,1-5H3;2*7-17,29H,5-6,18-19H2,1-4H3;6-17,28H,4-5,18-19H2,1-3H3. The highest BCUT2D eigenvalue weighted by Gasteiger charge is 2.26. The van der Waals surface area contributed by atoms with Crippen molar-refractivity contribution in [3.8, 4) is 28.7 Å². The fourth-order valence-electron chi connectivity index (χ4n) is 18.3. The summed E-state index contributed by atoms with van der Waals surface area (Å²) in [5.41, 5.74) is 27.6. The molecule has 0 N–H and O–H groups in total. The molecule has 0 aliphatic carbocycles. The predicted octanol–water partition coefficient (Wildman–Crippen LogP) is 28.1. The molecule has 0 saturated heterocycles. The Bertz CT molecular complexity index is 6500. The molecular weight excluding hydrogens is 1910 g/mol. The van der Waals surface area contributed by atoms with E-state index in [1.165, 1.54) is 170 Å². The third-order valence-corrected chi connectivity index (χ3v) is 35.5. The monoisotopic (exact) mass is 2080 g/mol. The summed E-state index contributed by atoms with van der Waals surface area (Å²) in [5.74, 6) is 5.12. The first-order valence-electron chi connectivity index (χ1n) is 54.0. The second-order valence-electron chi connectivity index (χ2n) is 39.7. The molecule has 0 aliphatic rings. The molecule has 0 heterocycles. The Kier molecular flexibility index (Phi) is 49.5. The highest BCUT2D eigenvalue weighted by atomic mass is 31.1. The molecule has 15 aromatic carbocycles. The quantitative estimate of drug-likeness (QED) is 0.0345. The number of hydrogen-bond donors (Lipinski definition) is 0. The summed E-state index contributed by atoms with van der Waals surface area (Å²) in [6, 6.07) is 116. The molecule has 0 radical (unpaired) electrons. The van der Waals surface area contributed by atoms with E-state index >= 15 is 0 Å². The average molecular weight is 2080 g/mol. The van der Waals surface area contributed by atoms with Gasteiger partial charge in [0.2, 0.25) is 0 Å². The Morgan fingerprint density at radius 2 is 0.450 bits per heavy atom. The van der Waals surface area contributed by atoms with E-state index in [2.05, 4.69) is 487 Å². The van der Waals surface area contributed by atoms with E-state index in [4.69, 9.17) is 23.7 Å². The van der Waals surface area contributed by atoms with Gasteiger partial charge < -0.3 is 23.7 Å². The summed E-state index contributed by atoms with van der Waals surface area (Å²) in [4.78, 5) is 12.4. The lowest BCUT2D eigenvalue weighted by molar-refractivity contribution is 0.296. The van der Waals surface area contributed by atoms with Crippen LogP contribution in [0.25, 0.3) is 0 Å². The zero-order valence-corrected chi connectivity index (χ0v) is 98.6. The fourth-order valence-corrected chi connectivity index (χ4v) is 25.6. The number of para-hydroxylation sites is 2. The number of ether oxygens (including phenoxy) is 5. The van der Waals surface area contributed by atoms with Crippen LogP contribution in [0.2, 0.25) is 0 Å². The van der Waals surface area contributed by atoms with Crippen molar-refractivity contribution in [2.75, 3.05) is 65.4 Å². The van der Waals surface area contributed by atoms with Crippen molar-refractivity contribution in [1.29, 1.82) is 0 Å². The lowest BCUT2D eigenvalue weighted by atomic mass is 9.85. The van der Waals surface area contributed by atoms with Gasteiger partial charge >= 0.3 is 0 Å². The van der Waals surface area contributed by atoms with Gasteiger partial charge in [-0.1, -0.05) is 436 Å². The van der Waals surface area contributed by atoms with E-state index in [1.807, 2.05) is 24.3 Å². The molecule has 0 aromatic heterocycles. The van der Waals surface area contributed by atoms with E-state index in [1.54, 1.807) is 0 Å². The number of rotatable bonds is 45. The number of hydrogen-bond acceptors (Lipinski definition) is 10. The van der Waals surface area contributed by atoms with Crippen LogP contribution in [0.5, 0.6) is 28.7 Å². The highest BCUT2D eigenvalue weighted by molar-refractivity contribution is 7.57. The highest BCUT2D eigenvalue weighted by Crippen LogP contribution is 2.38. The second-order valence-corrected chi connectivity index (χ2v) is 46.1. The molecule has 15 aromatic rings. The number of benzene rings is 15. The van der Waals surface area contributed by atoms with E-state index in [-0.39, 0.29) is 5.41 Å². The van der Waals surface area contributed by atoms with Crippen LogP contribution in [0.4, 0.5) is 0 Å². The van der Waals surface area contributed by atoms with Gasteiger partial charge in [0, 0.05) is 64.8 Å². The molecule has 0 bridgehead atoms. The minimum atomic E-state index is 0.00700. The van der Waals surface area contributed by atoms with Gasteiger partial charge in [0.1, 0.15) is 61.8 Å². The van der Waals surface area contributed by atoms with Gasteiger partial charge in [0.15, 0.2) is 0 Å². The minimum Gasteiger partial charge on any atom is -0.488 e. The van der Waals surface area contributed by atoms with Crippen molar-refractivity contribution in [2.24, 2.45) is 0 Å². The molecule has 0 spiro atoms. The van der Waals surface area contributed by atoms with Gasteiger partial charge in [-0.25, -0.2) is 0 Å². The molecular formula is C134H168N5O5P5. The molecule has 149 heavy (non-hydrogen) atoms. The summed E-state index contributed by atoms with van der Waals surface area (Å²) < 4.78 is 31.8. The summed E-state index contributed by atoms with van der Waals surface area (Å²) in [7, 11) is 2.91. The van der Waals surface area contributed by atoms with Crippen molar-refractivity contribution < 1.29 is 23.7 Å². The van der Waals surface area contributed by atoms with Crippen LogP contribution in [-0.2, 0) is 71.2 Å². The Morgan fingerprint density at radius 3 is 0.785 bits per heavy atom. The number of nitrogens with zero attached hydrogens (tertiary/aromatic N) is 5. The van der Waals surface area contributed by atoms with Gasteiger partial charge in [-0.2, -0.15) is 0 Å². The van der Waals surface area contributed by atoms with Crippen LogP contribution < -0.4 is 76.7 Å². The lowest BCUT2D eigenvalue weighted by Crippen LogP contribution is -2.26. The zero-order chi connectivity index (χ0) is 107. The minimum absolute atomic E-state index is 0.00700. The molecule has 0 fully saturated rings. The van der Waals surface area contributed by atoms with Crippen molar-refractivity contribution in [2.45, 2.75) is 230 Å². The molecule has 15 rings (SSSR count). The van der Waals surface area contributed by atoms with Crippen LogP contribution in [0.15, 0.2) is 328 Å². The fraction of sp³-hybridized carbons (Fsp3) is 0.328. The van der Waals surface area contributed by atoms with Gasteiger partial charge in [0.05, 0.1) is 0 Å². The summed E-state index contributed by atoms with van der Waals surface area (Å²) in [5, 5.41) is 13.7. The van der Waals surface area contributed by atoms with Crippen LogP contribution >= 0.6 is 42.9 Å². The third kappa shape index (κ3) is 37.1. The van der Waals surface area contributed by atoms with Gasteiger partial charge in [-0.3, -0.25) is 24.5 Å². The Labute approximate surface area is 906 Å². The van der Waals surface area contributed by atoms with Gasteiger partial charge in [0.25, 0.3) is 0 Å². The van der Waals surface area contributed by atoms with Crippen LogP contribution in [0, 0.1) is 69.2 Å². The summed E-state index contributed by atoms with van der Waals surface area (Å²) >= 11 is 0. The van der Waals surface area contributed by atoms with E-state index in [0.717, 1.165) is 127 Å². The molecule has 0 saturated carbocycles.